The first kappa shape index (κ1) is 32.5. The average molecular weight is 549 g/mol. The molecule has 0 fully saturated rings. The van der Waals surface area contributed by atoms with Gasteiger partial charge >= 0.3 is 5.97 Å². The zero-order valence-electron chi connectivity index (χ0n) is 23.9. The molecule has 40 heavy (non-hydrogen) atoms. The average Bonchev–Trinajstić information content (AvgIpc) is 2.94. The molecule has 0 saturated carbocycles. The summed E-state index contributed by atoms with van der Waals surface area (Å²) in [6.07, 6.45) is 5.58. The monoisotopic (exact) mass is 548 g/mol. The Morgan fingerprint density at radius 1 is 0.975 bits per heavy atom. The summed E-state index contributed by atoms with van der Waals surface area (Å²) in [4.78, 5) is 41.0. The van der Waals surface area contributed by atoms with Gasteiger partial charge in [-0.25, -0.2) is 0 Å². The van der Waals surface area contributed by atoms with Crippen LogP contribution >= 0.6 is 0 Å². The Morgan fingerprint density at radius 2 is 1.60 bits per heavy atom. The number of aliphatic hydroxyl groups excluding tert-OH is 1. The zero-order valence-corrected chi connectivity index (χ0v) is 23.9. The number of carbonyl (C=O) groups excluding carboxylic acids is 3. The summed E-state index contributed by atoms with van der Waals surface area (Å²) >= 11 is 0. The van der Waals surface area contributed by atoms with Gasteiger partial charge in [0.2, 0.25) is 11.8 Å². The molecule has 0 heterocycles. The number of hydrogen-bond donors (Lipinski definition) is 2. The van der Waals surface area contributed by atoms with Crippen LogP contribution in [0.2, 0.25) is 0 Å². The molecule has 7 heteroatoms. The number of ether oxygens (including phenoxy) is 1. The lowest BCUT2D eigenvalue weighted by Gasteiger charge is -2.30. The van der Waals surface area contributed by atoms with E-state index in [0.29, 0.717) is 32.2 Å². The highest BCUT2D eigenvalue weighted by Gasteiger charge is 2.30. The van der Waals surface area contributed by atoms with E-state index in [1.54, 1.807) is 30.9 Å². The Kier molecular flexibility index (Phi) is 13.9. The lowest BCUT2D eigenvalue weighted by Crippen LogP contribution is -2.50. The van der Waals surface area contributed by atoms with Crippen molar-refractivity contribution in [3.63, 3.8) is 0 Å². The molecule has 0 radical (unpaired) electrons. The molecule has 0 aliphatic rings. The summed E-state index contributed by atoms with van der Waals surface area (Å²) in [6.45, 7) is 11.4. The highest BCUT2D eigenvalue weighted by atomic mass is 16.5. The standard InChI is InChI=1S/C33H44N2O5/c1-5-7-19-29(22-26-15-10-8-11-16-26)32(39)40-25-33(3,4)34-31(38)28(14-6-2)23-30(37)35(20-21-36)24-27-17-12-9-13-18-27/h5-6,8-13,15-18,28-29,36H,1-2,7,14,19-25H2,3-4H3,(H,34,38)/t28-,29+/m0/s1. The van der Waals surface area contributed by atoms with Crippen LogP contribution in [0.4, 0.5) is 0 Å². The van der Waals surface area contributed by atoms with Crippen LogP contribution in [-0.2, 0) is 32.1 Å². The normalized spacial score (nSPS) is 12.6. The van der Waals surface area contributed by atoms with Crippen molar-refractivity contribution in [2.45, 2.75) is 58.0 Å². The van der Waals surface area contributed by atoms with Gasteiger partial charge in [0.25, 0.3) is 0 Å². The third kappa shape index (κ3) is 11.6. The largest absolute Gasteiger partial charge is 0.463 e. The number of rotatable bonds is 18. The van der Waals surface area contributed by atoms with E-state index in [4.69, 9.17) is 4.74 Å². The number of carbonyl (C=O) groups is 3. The van der Waals surface area contributed by atoms with Crippen molar-refractivity contribution in [1.82, 2.24) is 10.2 Å². The van der Waals surface area contributed by atoms with E-state index in [1.807, 2.05) is 60.7 Å². The zero-order chi connectivity index (χ0) is 29.4. The van der Waals surface area contributed by atoms with Gasteiger partial charge in [-0.15, -0.1) is 13.2 Å². The van der Waals surface area contributed by atoms with Gasteiger partial charge in [0.05, 0.1) is 24.0 Å². The number of benzene rings is 2. The minimum atomic E-state index is -0.847. The van der Waals surface area contributed by atoms with Crippen LogP contribution in [0.25, 0.3) is 0 Å². The van der Waals surface area contributed by atoms with E-state index < -0.39 is 11.5 Å². The van der Waals surface area contributed by atoms with E-state index in [1.165, 1.54) is 0 Å². The van der Waals surface area contributed by atoms with E-state index in [9.17, 15) is 19.5 Å². The van der Waals surface area contributed by atoms with E-state index in [2.05, 4.69) is 18.5 Å². The maximum Gasteiger partial charge on any atom is 0.309 e. The van der Waals surface area contributed by atoms with E-state index in [0.717, 1.165) is 11.1 Å². The molecule has 2 rings (SSSR count). The fourth-order valence-corrected chi connectivity index (χ4v) is 4.40. The predicted molar refractivity (Wildman–Crippen MR) is 158 cm³/mol. The van der Waals surface area contributed by atoms with Crippen LogP contribution in [-0.4, -0.2) is 53.1 Å². The highest BCUT2D eigenvalue weighted by Crippen LogP contribution is 2.19. The Balaban J connectivity index is 1.99. The highest BCUT2D eigenvalue weighted by molar-refractivity contribution is 5.86. The topological polar surface area (TPSA) is 95.9 Å². The van der Waals surface area contributed by atoms with Crippen molar-refractivity contribution in [3.8, 4) is 0 Å². The first-order valence-corrected chi connectivity index (χ1v) is 13.9. The van der Waals surface area contributed by atoms with Gasteiger partial charge in [-0.1, -0.05) is 72.8 Å². The van der Waals surface area contributed by atoms with Crippen molar-refractivity contribution in [3.05, 3.63) is 97.1 Å². The van der Waals surface area contributed by atoms with Crippen LogP contribution < -0.4 is 5.32 Å². The molecule has 2 aromatic rings. The fraction of sp³-hybridized carbons (Fsp3) is 0.424. The van der Waals surface area contributed by atoms with Gasteiger partial charge < -0.3 is 20.1 Å². The number of aliphatic hydroxyl groups is 1. The van der Waals surface area contributed by atoms with Crippen LogP contribution in [0.3, 0.4) is 0 Å². The maximum absolute atomic E-state index is 13.3. The fourth-order valence-electron chi connectivity index (χ4n) is 4.40. The van der Waals surface area contributed by atoms with Crippen molar-refractivity contribution in [1.29, 1.82) is 0 Å². The summed E-state index contributed by atoms with van der Waals surface area (Å²) in [6, 6.07) is 19.3. The first-order chi connectivity index (χ1) is 19.2. The molecule has 0 saturated heterocycles. The van der Waals surface area contributed by atoms with Gasteiger partial charge in [-0.2, -0.15) is 0 Å². The molecule has 2 N–H and O–H groups in total. The molecule has 0 aliphatic heterocycles. The lowest BCUT2D eigenvalue weighted by molar-refractivity contribution is -0.151. The molecule has 0 aliphatic carbocycles. The van der Waals surface area contributed by atoms with Crippen LogP contribution in [0, 0.1) is 11.8 Å². The van der Waals surface area contributed by atoms with Crippen LogP contribution in [0.15, 0.2) is 86.0 Å². The quantitative estimate of drug-likeness (QED) is 0.205. The summed E-state index contributed by atoms with van der Waals surface area (Å²) in [5.74, 6) is -1.82. The molecule has 0 spiro atoms. The lowest BCUT2D eigenvalue weighted by atomic mass is 9.94. The minimum absolute atomic E-state index is 0.00362. The SMILES string of the molecule is C=CCC[C@H](Cc1ccccc1)C(=O)OCC(C)(C)NC(=O)[C@@H](CC=C)CC(=O)N(CCO)Cc1ccccc1. The predicted octanol–water partition coefficient (Wildman–Crippen LogP) is 4.85. The van der Waals surface area contributed by atoms with Crippen molar-refractivity contribution in [2.24, 2.45) is 11.8 Å². The van der Waals surface area contributed by atoms with Gasteiger partial charge in [0.15, 0.2) is 0 Å². The van der Waals surface area contributed by atoms with E-state index in [-0.39, 0.29) is 49.9 Å². The van der Waals surface area contributed by atoms with Crippen molar-refractivity contribution >= 4 is 17.8 Å². The molecule has 0 bridgehead atoms. The summed E-state index contributed by atoms with van der Waals surface area (Å²) < 4.78 is 5.69. The number of hydrogen-bond acceptors (Lipinski definition) is 5. The molecule has 2 atom stereocenters. The van der Waals surface area contributed by atoms with Crippen LogP contribution in [0.1, 0.15) is 50.7 Å². The Bertz CT molecular complexity index is 1080. The van der Waals surface area contributed by atoms with Gasteiger partial charge in [0.1, 0.15) is 6.61 Å². The smallest absolute Gasteiger partial charge is 0.309 e. The Labute approximate surface area is 238 Å². The molecular weight excluding hydrogens is 504 g/mol. The second-order valence-electron chi connectivity index (χ2n) is 10.7. The first-order valence-electron chi connectivity index (χ1n) is 13.9. The third-order valence-electron chi connectivity index (χ3n) is 6.60. The van der Waals surface area contributed by atoms with E-state index >= 15 is 0 Å². The van der Waals surface area contributed by atoms with Gasteiger partial charge in [-0.05, 0) is 50.7 Å². The Hall–Kier alpha value is -3.71. The molecular formula is C33H44N2O5. The second-order valence-corrected chi connectivity index (χ2v) is 10.7. The minimum Gasteiger partial charge on any atom is -0.463 e. The molecule has 7 nitrogen and oxygen atoms in total. The number of allylic oxidation sites excluding steroid dienone is 2. The number of amides is 2. The van der Waals surface area contributed by atoms with Crippen LogP contribution in [0.5, 0.6) is 0 Å². The van der Waals surface area contributed by atoms with Crippen molar-refractivity contribution < 1.29 is 24.2 Å². The molecule has 0 aromatic heterocycles. The molecule has 2 aromatic carbocycles. The second kappa shape index (κ2) is 17.1. The summed E-state index contributed by atoms with van der Waals surface area (Å²) in [5, 5.41) is 12.5. The summed E-state index contributed by atoms with van der Waals surface area (Å²) in [5.41, 5.74) is 1.15. The molecule has 0 unspecified atom stereocenters. The number of esters is 1. The van der Waals surface area contributed by atoms with Gasteiger partial charge in [0, 0.05) is 19.5 Å². The maximum atomic E-state index is 13.3. The number of nitrogens with zero attached hydrogens (tertiary/aromatic N) is 1. The number of nitrogens with one attached hydrogen (secondary N) is 1. The third-order valence-corrected chi connectivity index (χ3v) is 6.60. The van der Waals surface area contributed by atoms with Crippen molar-refractivity contribution in [2.75, 3.05) is 19.8 Å². The molecule has 2 amide bonds. The summed E-state index contributed by atoms with van der Waals surface area (Å²) in [7, 11) is 0. The van der Waals surface area contributed by atoms with Gasteiger partial charge in [-0.3, -0.25) is 14.4 Å². The Morgan fingerprint density at radius 3 is 2.17 bits per heavy atom. The molecule has 216 valence electrons.